The molecular weight excluding hydrogens is 307 g/mol. The monoisotopic (exact) mass is 324 g/mol. The maximum absolute atomic E-state index is 11.9. The highest BCUT2D eigenvalue weighted by Gasteiger charge is 2.14. The Morgan fingerprint density at radius 3 is 2.32 bits per heavy atom. The largest absolute Gasteiger partial charge is 0.314 e. The second-order valence-electron chi connectivity index (χ2n) is 4.48. The zero-order chi connectivity index (χ0) is 14.5. The molecule has 7 heteroatoms. The molecule has 0 saturated heterocycles. The predicted octanol–water partition coefficient (Wildman–Crippen LogP) is 3.12. The molecule has 1 rings (SSSR count). The van der Waals surface area contributed by atoms with E-state index >= 15 is 0 Å². The van der Waals surface area contributed by atoms with Gasteiger partial charge in [-0.2, -0.15) is 0 Å². The van der Waals surface area contributed by atoms with Crippen molar-refractivity contribution in [2.75, 3.05) is 17.0 Å². The fourth-order valence-electron chi connectivity index (χ4n) is 1.45. The van der Waals surface area contributed by atoms with Crippen molar-refractivity contribution >= 4 is 38.9 Å². The smallest absolute Gasteiger partial charge is 0.232 e. The molecule has 0 spiro atoms. The molecule has 0 aromatic heterocycles. The molecule has 0 saturated carbocycles. The van der Waals surface area contributed by atoms with E-state index in [9.17, 15) is 8.42 Å². The van der Waals surface area contributed by atoms with Gasteiger partial charge in [0, 0.05) is 6.04 Å². The summed E-state index contributed by atoms with van der Waals surface area (Å²) in [6.07, 6.45) is 0.523. The van der Waals surface area contributed by atoms with Crippen LogP contribution in [0.2, 0.25) is 10.0 Å². The number of para-hydroxylation sites is 1. The van der Waals surface area contributed by atoms with E-state index in [-0.39, 0.29) is 21.5 Å². The van der Waals surface area contributed by atoms with E-state index in [0.29, 0.717) is 19.0 Å². The summed E-state index contributed by atoms with van der Waals surface area (Å²) in [5, 5.41) is 3.74. The van der Waals surface area contributed by atoms with E-state index in [1.807, 2.05) is 13.8 Å². The highest BCUT2D eigenvalue weighted by atomic mass is 35.5. The average Bonchev–Trinajstić information content (AvgIpc) is 2.30. The quantitative estimate of drug-likeness (QED) is 0.757. The first-order valence-electron chi connectivity index (χ1n) is 6.00. The SMILES string of the molecule is CC(C)NCCCS(=O)(=O)Nc1c(Cl)cccc1Cl. The fourth-order valence-corrected chi connectivity index (χ4v) is 3.22. The molecule has 1 aromatic carbocycles. The molecule has 0 radical (unpaired) electrons. The molecule has 0 atom stereocenters. The van der Waals surface area contributed by atoms with Crippen molar-refractivity contribution in [1.29, 1.82) is 0 Å². The Balaban J connectivity index is 2.60. The molecule has 4 nitrogen and oxygen atoms in total. The number of hydrogen-bond acceptors (Lipinski definition) is 3. The van der Waals surface area contributed by atoms with Gasteiger partial charge in [-0.05, 0) is 25.1 Å². The molecule has 19 heavy (non-hydrogen) atoms. The van der Waals surface area contributed by atoms with Crippen LogP contribution in [0.5, 0.6) is 0 Å². The molecule has 0 fully saturated rings. The fraction of sp³-hybridized carbons (Fsp3) is 0.500. The van der Waals surface area contributed by atoms with Crippen LogP contribution in [-0.4, -0.2) is 26.8 Å². The van der Waals surface area contributed by atoms with Gasteiger partial charge in [-0.25, -0.2) is 8.42 Å². The molecule has 0 amide bonds. The summed E-state index contributed by atoms with van der Waals surface area (Å²) >= 11 is 11.8. The van der Waals surface area contributed by atoms with Crippen molar-refractivity contribution in [2.45, 2.75) is 26.3 Å². The van der Waals surface area contributed by atoms with Crippen molar-refractivity contribution in [3.05, 3.63) is 28.2 Å². The first-order chi connectivity index (χ1) is 8.82. The summed E-state index contributed by atoms with van der Waals surface area (Å²) in [5.74, 6) is 0.0221. The van der Waals surface area contributed by atoms with Crippen LogP contribution in [0.15, 0.2) is 18.2 Å². The lowest BCUT2D eigenvalue weighted by atomic mass is 10.3. The standard InChI is InChI=1S/C12H18Cl2N2O2S/c1-9(2)15-7-4-8-19(17,18)16-12-10(13)5-3-6-11(12)14/h3,5-6,9,15-16H,4,7-8H2,1-2H3. The van der Waals surface area contributed by atoms with Gasteiger partial charge in [0.1, 0.15) is 0 Å². The minimum atomic E-state index is -3.44. The van der Waals surface area contributed by atoms with Gasteiger partial charge in [-0.15, -0.1) is 0 Å². The van der Waals surface area contributed by atoms with Gasteiger partial charge in [0.15, 0.2) is 0 Å². The minimum Gasteiger partial charge on any atom is -0.314 e. The highest BCUT2D eigenvalue weighted by molar-refractivity contribution is 7.92. The van der Waals surface area contributed by atoms with Crippen molar-refractivity contribution in [1.82, 2.24) is 5.32 Å². The lowest BCUT2D eigenvalue weighted by molar-refractivity contribution is 0.571. The number of anilines is 1. The maximum Gasteiger partial charge on any atom is 0.232 e. The molecule has 0 aliphatic carbocycles. The molecule has 0 unspecified atom stereocenters. The van der Waals surface area contributed by atoms with Gasteiger partial charge in [-0.1, -0.05) is 43.1 Å². The number of benzene rings is 1. The van der Waals surface area contributed by atoms with Crippen LogP contribution in [0, 0.1) is 0 Å². The highest BCUT2D eigenvalue weighted by Crippen LogP contribution is 2.30. The Morgan fingerprint density at radius 2 is 1.79 bits per heavy atom. The van der Waals surface area contributed by atoms with E-state index in [2.05, 4.69) is 10.0 Å². The summed E-state index contributed by atoms with van der Waals surface area (Å²) in [6.45, 7) is 4.67. The first-order valence-corrected chi connectivity index (χ1v) is 8.40. The zero-order valence-electron chi connectivity index (χ0n) is 10.9. The van der Waals surface area contributed by atoms with Crippen LogP contribution >= 0.6 is 23.2 Å². The van der Waals surface area contributed by atoms with Crippen LogP contribution in [0.4, 0.5) is 5.69 Å². The second kappa shape index (κ2) is 7.33. The van der Waals surface area contributed by atoms with Crippen LogP contribution in [0.3, 0.4) is 0 Å². The number of hydrogen-bond donors (Lipinski definition) is 2. The van der Waals surface area contributed by atoms with E-state index in [0.717, 1.165) is 0 Å². The third kappa shape index (κ3) is 5.99. The lowest BCUT2D eigenvalue weighted by Crippen LogP contribution is -2.26. The topological polar surface area (TPSA) is 58.2 Å². The van der Waals surface area contributed by atoms with Gasteiger partial charge < -0.3 is 5.32 Å². The van der Waals surface area contributed by atoms with Crippen molar-refractivity contribution in [3.8, 4) is 0 Å². The zero-order valence-corrected chi connectivity index (χ0v) is 13.2. The van der Waals surface area contributed by atoms with E-state index in [4.69, 9.17) is 23.2 Å². The number of nitrogens with one attached hydrogen (secondary N) is 2. The molecule has 0 aliphatic rings. The Labute approximate surface area is 124 Å². The summed E-state index contributed by atoms with van der Waals surface area (Å²) in [6, 6.07) is 5.18. The van der Waals surface area contributed by atoms with Crippen molar-refractivity contribution in [3.63, 3.8) is 0 Å². The lowest BCUT2D eigenvalue weighted by Gasteiger charge is -2.12. The third-order valence-corrected chi connectivity index (χ3v) is 4.33. The van der Waals surface area contributed by atoms with Crippen LogP contribution in [0.25, 0.3) is 0 Å². The summed E-state index contributed by atoms with van der Waals surface area (Å²) < 4.78 is 26.2. The Kier molecular flexibility index (Phi) is 6.39. The van der Waals surface area contributed by atoms with Gasteiger partial charge >= 0.3 is 0 Å². The average molecular weight is 325 g/mol. The van der Waals surface area contributed by atoms with Gasteiger partial charge in [0.05, 0.1) is 21.5 Å². The predicted molar refractivity (Wildman–Crippen MR) is 81.6 cm³/mol. The Hall–Kier alpha value is -0.490. The Bertz CT molecular complexity index is 498. The van der Waals surface area contributed by atoms with Crippen LogP contribution < -0.4 is 10.0 Å². The number of halogens is 2. The second-order valence-corrected chi connectivity index (χ2v) is 7.14. The number of rotatable bonds is 7. The minimum absolute atomic E-state index is 0.0221. The molecule has 0 heterocycles. The maximum atomic E-state index is 11.9. The third-order valence-electron chi connectivity index (χ3n) is 2.36. The van der Waals surface area contributed by atoms with Gasteiger partial charge in [0.25, 0.3) is 0 Å². The summed E-state index contributed by atoms with van der Waals surface area (Å²) in [5.41, 5.74) is 0.239. The molecular formula is C12H18Cl2N2O2S. The molecule has 108 valence electrons. The first kappa shape index (κ1) is 16.6. The number of sulfonamides is 1. The van der Waals surface area contributed by atoms with Gasteiger partial charge in [0.2, 0.25) is 10.0 Å². The molecule has 0 bridgehead atoms. The summed E-state index contributed by atoms with van der Waals surface area (Å²) in [7, 11) is -3.44. The van der Waals surface area contributed by atoms with E-state index < -0.39 is 10.0 Å². The molecule has 2 N–H and O–H groups in total. The Morgan fingerprint density at radius 1 is 1.21 bits per heavy atom. The van der Waals surface area contributed by atoms with E-state index in [1.54, 1.807) is 18.2 Å². The van der Waals surface area contributed by atoms with Crippen LogP contribution in [-0.2, 0) is 10.0 Å². The van der Waals surface area contributed by atoms with Crippen LogP contribution in [0.1, 0.15) is 20.3 Å². The molecule has 1 aromatic rings. The van der Waals surface area contributed by atoms with Gasteiger partial charge in [-0.3, -0.25) is 4.72 Å². The summed E-state index contributed by atoms with van der Waals surface area (Å²) in [4.78, 5) is 0. The normalized spacial score (nSPS) is 11.8. The molecule has 0 aliphatic heterocycles. The van der Waals surface area contributed by atoms with Crippen molar-refractivity contribution < 1.29 is 8.42 Å². The van der Waals surface area contributed by atoms with E-state index in [1.165, 1.54) is 0 Å². The van der Waals surface area contributed by atoms with Crippen molar-refractivity contribution in [2.24, 2.45) is 0 Å².